The van der Waals surface area contributed by atoms with Crippen LogP contribution >= 0.6 is 0 Å². The quantitative estimate of drug-likeness (QED) is 0.575. The molecule has 0 aromatic carbocycles. The molecular weight excluding hydrogens is 168 g/mol. The third kappa shape index (κ3) is 1.69. The topological polar surface area (TPSA) is 66.6 Å². The van der Waals surface area contributed by atoms with E-state index in [1.807, 2.05) is 0 Å². The summed E-state index contributed by atoms with van der Waals surface area (Å²) in [7, 11) is 0. The lowest BCUT2D eigenvalue weighted by atomic mass is 10.1. The van der Waals surface area contributed by atoms with Gasteiger partial charge in [0.05, 0.1) is 11.6 Å². The molecule has 1 aliphatic carbocycles. The highest BCUT2D eigenvalue weighted by Crippen LogP contribution is 2.34. The van der Waals surface area contributed by atoms with Gasteiger partial charge in [-0.3, -0.25) is 4.79 Å². The molecule has 4 nitrogen and oxygen atoms in total. The van der Waals surface area contributed by atoms with E-state index in [-0.39, 0.29) is 12.0 Å². The summed E-state index contributed by atoms with van der Waals surface area (Å²) in [4.78, 5) is 13.4. The van der Waals surface area contributed by atoms with Gasteiger partial charge < -0.3 is 15.7 Å². The second-order valence-electron chi connectivity index (χ2n) is 4.20. The van der Waals surface area contributed by atoms with Gasteiger partial charge in [0.1, 0.15) is 0 Å². The molecule has 1 heterocycles. The van der Waals surface area contributed by atoms with Gasteiger partial charge in [0, 0.05) is 13.1 Å². The Morgan fingerprint density at radius 3 is 2.77 bits per heavy atom. The van der Waals surface area contributed by atoms with Crippen molar-refractivity contribution in [3.05, 3.63) is 0 Å². The van der Waals surface area contributed by atoms with Gasteiger partial charge in [-0.2, -0.15) is 0 Å². The van der Waals surface area contributed by atoms with Crippen molar-refractivity contribution >= 4 is 5.91 Å². The van der Waals surface area contributed by atoms with E-state index in [0.29, 0.717) is 6.54 Å². The van der Waals surface area contributed by atoms with Crippen LogP contribution in [-0.2, 0) is 4.79 Å². The number of hydrogen-bond donors (Lipinski definition) is 2. The molecule has 0 radical (unpaired) electrons. The lowest BCUT2D eigenvalue weighted by Crippen LogP contribution is -2.50. The van der Waals surface area contributed by atoms with E-state index >= 15 is 0 Å². The van der Waals surface area contributed by atoms with Crippen LogP contribution in [0.15, 0.2) is 0 Å². The van der Waals surface area contributed by atoms with Gasteiger partial charge in [0.25, 0.3) is 0 Å². The lowest BCUT2D eigenvalue weighted by molar-refractivity contribution is -0.136. The maximum absolute atomic E-state index is 11.7. The van der Waals surface area contributed by atoms with E-state index in [2.05, 4.69) is 0 Å². The molecule has 2 rings (SSSR count). The first-order valence-corrected chi connectivity index (χ1v) is 4.88. The highest BCUT2D eigenvalue weighted by atomic mass is 16.3. The Kier molecular flexibility index (Phi) is 2.04. The van der Waals surface area contributed by atoms with Crippen molar-refractivity contribution in [2.24, 2.45) is 5.73 Å². The van der Waals surface area contributed by atoms with E-state index in [0.717, 1.165) is 32.2 Å². The van der Waals surface area contributed by atoms with Crippen LogP contribution in [0.25, 0.3) is 0 Å². The summed E-state index contributed by atoms with van der Waals surface area (Å²) in [6.07, 6.45) is 2.96. The highest BCUT2D eigenvalue weighted by Gasteiger charge is 2.48. The molecule has 1 saturated carbocycles. The summed E-state index contributed by atoms with van der Waals surface area (Å²) in [5.74, 6) is 0.0336. The molecule has 2 aliphatic rings. The highest BCUT2D eigenvalue weighted by molar-refractivity contribution is 5.89. The van der Waals surface area contributed by atoms with Gasteiger partial charge in [-0.25, -0.2) is 0 Å². The summed E-state index contributed by atoms with van der Waals surface area (Å²) in [5.41, 5.74) is 5.22. The summed E-state index contributed by atoms with van der Waals surface area (Å²) >= 11 is 0. The molecule has 74 valence electrons. The minimum absolute atomic E-state index is 0.0336. The molecule has 0 aromatic rings. The average molecular weight is 184 g/mol. The van der Waals surface area contributed by atoms with Crippen molar-refractivity contribution in [2.75, 3.05) is 13.1 Å². The number of piperidine rings is 1. The van der Waals surface area contributed by atoms with Crippen molar-refractivity contribution < 1.29 is 9.90 Å². The molecule has 0 unspecified atom stereocenters. The van der Waals surface area contributed by atoms with Gasteiger partial charge in [-0.1, -0.05) is 0 Å². The number of nitrogens with two attached hydrogens (primary N) is 1. The molecule has 1 amide bonds. The van der Waals surface area contributed by atoms with Crippen LogP contribution in [0.4, 0.5) is 0 Å². The maximum atomic E-state index is 11.7. The largest absolute Gasteiger partial charge is 0.391 e. The Morgan fingerprint density at radius 1 is 1.54 bits per heavy atom. The minimum atomic E-state index is -0.572. The first kappa shape index (κ1) is 8.97. The van der Waals surface area contributed by atoms with Crippen LogP contribution in [-0.4, -0.2) is 40.6 Å². The standard InChI is InChI=1S/C9H16N2O2/c10-9(3-4-9)8(13)11-5-1-2-7(12)6-11/h7,12H,1-6,10H2/t7-/m0/s1. The van der Waals surface area contributed by atoms with Crippen LogP contribution < -0.4 is 5.73 Å². The Morgan fingerprint density at radius 2 is 2.23 bits per heavy atom. The molecule has 0 aromatic heterocycles. The predicted molar refractivity (Wildman–Crippen MR) is 48.0 cm³/mol. The zero-order valence-electron chi connectivity index (χ0n) is 7.70. The first-order chi connectivity index (χ1) is 6.12. The monoisotopic (exact) mass is 184 g/mol. The van der Waals surface area contributed by atoms with E-state index in [1.54, 1.807) is 4.90 Å². The predicted octanol–water partition coefficient (Wildman–Crippen LogP) is -0.539. The van der Waals surface area contributed by atoms with Gasteiger partial charge in [-0.15, -0.1) is 0 Å². The number of aliphatic hydroxyl groups excluding tert-OH is 1. The zero-order valence-corrected chi connectivity index (χ0v) is 7.70. The molecule has 3 N–H and O–H groups in total. The molecule has 13 heavy (non-hydrogen) atoms. The van der Waals surface area contributed by atoms with Gasteiger partial charge >= 0.3 is 0 Å². The molecule has 1 aliphatic heterocycles. The maximum Gasteiger partial charge on any atom is 0.242 e. The number of carbonyl (C=O) groups is 1. The van der Waals surface area contributed by atoms with Crippen molar-refractivity contribution in [3.63, 3.8) is 0 Å². The molecule has 2 fully saturated rings. The van der Waals surface area contributed by atoms with Crippen LogP contribution in [0.5, 0.6) is 0 Å². The number of carbonyl (C=O) groups excluding carboxylic acids is 1. The number of aliphatic hydroxyl groups is 1. The first-order valence-electron chi connectivity index (χ1n) is 4.88. The molecular formula is C9H16N2O2. The Hall–Kier alpha value is -0.610. The fourth-order valence-corrected chi connectivity index (χ4v) is 1.80. The smallest absolute Gasteiger partial charge is 0.242 e. The Labute approximate surface area is 77.7 Å². The van der Waals surface area contributed by atoms with Gasteiger partial charge in [0.2, 0.25) is 5.91 Å². The number of amides is 1. The van der Waals surface area contributed by atoms with Crippen molar-refractivity contribution in [1.29, 1.82) is 0 Å². The Balaban J connectivity index is 1.96. The molecule has 1 saturated heterocycles. The van der Waals surface area contributed by atoms with E-state index in [1.165, 1.54) is 0 Å². The van der Waals surface area contributed by atoms with E-state index in [9.17, 15) is 9.90 Å². The summed E-state index contributed by atoms with van der Waals surface area (Å²) < 4.78 is 0. The SMILES string of the molecule is NC1(C(=O)N2CCC[C@H](O)C2)CC1. The number of rotatable bonds is 1. The second-order valence-corrected chi connectivity index (χ2v) is 4.20. The number of hydrogen-bond acceptors (Lipinski definition) is 3. The third-order valence-electron chi connectivity index (χ3n) is 2.90. The Bertz CT molecular complexity index is 226. The van der Waals surface area contributed by atoms with Crippen LogP contribution in [0.3, 0.4) is 0 Å². The van der Waals surface area contributed by atoms with E-state index in [4.69, 9.17) is 5.73 Å². The zero-order chi connectivity index (χ0) is 9.47. The van der Waals surface area contributed by atoms with Crippen molar-refractivity contribution in [1.82, 2.24) is 4.90 Å². The van der Waals surface area contributed by atoms with Crippen LogP contribution in [0.1, 0.15) is 25.7 Å². The second kappa shape index (κ2) is 2.96. The number of β-amino-alcohol motifs (C(OH)–C–C–N with tert-alkyl or cyclic N) is 1. The molecule has 0 bridgehead atoms. The van der Waals surface area contributed by atoms with Crippen molar-refractivity contribution in [3.8, 4) is 0 Å². The third-order valence-corrected chi connectivity index (χ3v) is 2.90. The normalized spacial score (nSPS) is 31.5. The average Bonchev–Trinajstić information content (AvgIpc) is 2.84. The minimum Gasteiger partial charge on any atom is -0.391 e. The molecule has 4 heteroatoms. The van der Waals surface area contributed by atoms with Crippen LogP contribution in [0.2, 0.25) is 0 Å². The fraction of sp³-hybridized carbons (Fsp3) is 0.889. The van der Waals surface area contributed by atoms with Crippen molar-refractivity contribution in [2.45, 2.75) is 37.3 Å². The van der Waals surface area contributed by atoms with Gasteiger partial charge in [0.15, 0.2) is 0 Å². The van der Waals surface area contributed by atoms with Gasteiger partial charge in [-0.05, 0) is 25.7 Å². The number of likely N-dealkylation sites (tertiary alicyclic amines) is 1. The van der Waals surface area contributed by atoms with Crippen LogP contribution in [0, 0.1) is 0 Å². The summed E-state index contributed by atoms with van der Waals surface area (Å²) in [6.45, 7) is 1.23. The molecule has 1 atom stereocenters. The summed E-state index contributed by atoms with van der Waals surface area (Å²) in [5, 5.41) is 9.38. The number of nitrogens with zero attached hydrogens (tertiary/aromatic N) is 1. The molecule has 0 spiro atoms. The lowest BCUT2D eigenvalue weighted by Gasteiger charge is -2.32. The summed E-state index contributed by atoms with van der Waals surface area (Å²) in [6, 6.07) is 0. The fourth-order valence-electron chi connectivity index (χ4n) is 1.80. The van der Waals surface area contributed by atoms with E-state index < -0.39 is 5.54 Å².